The van der Waals surface area contributed by atoms with Crippen LogP contribution in [-0.4, -0.2) is 50.6 Å². The Bertz CT molecular complexity index is 537. The first kappa shape index (κ1) is 26.9. The zero-order chi connectivity index (χ0) is 22.1. The summed E-state index contributed by atoms with van der Waals surface area (Å²) < 4.78 is 0. The molecule has 9 nitrogen and oxygen atoms in total. The highest BCUT2D eigenvalue weighted by molar-refractivity contribution is 5.48. The van der Waals surface area contributed by atoms with Crippen LogP contribution in [0.2, 0.25) is 0 Å². The van der Waals surface area contributed by atoms with Gasteiger partial charge in [-0.25, -0.2) is 0 Å². The van der Waals surface area contributed by atoms with E-state index in [9.17, 15) is 35.2 Å². The third-order valence-corrected chi connectivity index (χ3v) is 4.70. The molecule has 0 fully saturated rings. The molecule has 0 saturated heterocycles. The Morgan fingerprint density at radius 2 is 1.31 bits per heavy atom. The van der Waals surface area contributed by atoms with Crippen molar-refractivity contribution in [2.75, 3.05) is 0 Å². The van der Waals surface area contributed by atoms with Crippen LogP contribution in [0.25, 0.3) is 0 Å². The molecule has 4 unspecified atom stereocenters. The van der Waals surface area contributed by atoms with Crippen molar-refractivity contribution in [3.8, 4) is 0 Å². The highest BCUT2D eigenvalue weighted by Crippen LogP contribution is 2.15. The molecule has 0 aromatic rings. The largest absolute Gasteiger partial charge is 0.386 e. The van der Waals surface area contributed by atoms with Gasteiger partial charge in [-0.05, 0) is 32.1 Å². The van der Waals surface area contributed by atoms with E-state index < -0.39 is 34.1 Å². The molecule has 9 heteroatoms. The molecule has 2 N–H and O–H groups in total. The predicted octanol–water partition coefficient (Wildman–Crippen LogP) is 3.23. The van der Waals surface area contributed by atoms with Crippen LogP contribution in [0.5, 0.6) is 0 Å². The molecular weight excluding hydrogens is 380 g/mol. The topological polar surface area (TPSA) is 144 Å². The molecule has 0 radical (unpaired) electrons. The van der Waals surface area contributed by atoms with E-state index in [1.165, 1.54) is 12.2 Å². The molecule has 0 bridgehead atoms. The monoisotopic (exact) mass is 414 g/mol. The Hall–Kier alpha value is -2.13. The lowest BCUT2D eigenvalue weighted by atomic mass is 9.99. The first-order valence-corrected chi connectivity index (χ1v) is 10.2. The van der Waals surface area contributed by atoms with Gasteiger partial charge in [0.25, 0.3) is 0 Å². The minimum absolute atomic E-state index is 0.0132. The van der Waals surface area contributed by atoms with Gasteiger partial charge in [-0.15, -0.1) is 0 Å². The van der Waals surface area contributed by atoms with Gasteiger partial charge in [0.1, 0.15) is 18.5 Å². The fourth-order valence-electron chi connectivity index (χ4n) is 2.94. The van der Waals surface area contributed by atoms with E-state index in [2.05, 4.69) is 0 Å². The smallest absolute Gasteiger partial charge is 0.242 e. The summed E-state index contributed by atoms with van der Waals surface area (Å²) in [6.07, 6.45) is 9.69. The molecule has 0 aliphatic heterocycles. The second kappa shape index (κ2) is 16.8. The van der Waals surface area contributed by atoms with Crippen molar-refractivity contribution in [1.82, 2.24) is 0 Å². The predicted molar refractivity (Wildman–Crippen MR) is 110 cm³/mol. The zero-order valence-electron chi connectivity index (χ0n) is 17.1. The Morgan fingerprint density at radius 3 is 1.86 bits per heavy atom. The van der Waals surface area contributed by atoms with Gasteiger partial charge in [-0.1, -0.05) is 44.1 Å². The van der Waals surface area contributed by atoms with E-state index in [0.717, 1.165) is 32.0 Å². The van der Waals surface area contributed by atoms with Crippen molar-refractivity contribution in [3.05, 3.63) is 44.5 Å². The normalized spacial score (nSPS) is 16.0. The first-order valence-electron chi connectivity index (χ1n) is 10.2. The van der Waals surface area contributed by atoms with Gasteiger partial charge in [-0.3, -0.25) is 20.2 Å². The molecule has 0 aromatic heterocycles. The summed E-state index contributed by atoms with van der Waals surface area (Å²) >= 11 is 0. The van der Waals surface area contributed by atoms with E-state index in [1.807, 2.05) is 13.0 Å². The Labute approximate surface area is 171 Å². The van der Waals surface area contributed by atoms with Crippen molar-refractivity contribution >= 4 is 6.29 Å². The molecule has 29 heavy (non-hydrogen) atoms. The van der Waals surface area contributed by atoms with Crippen LogP contribution < -0.4 is 0 Å². The first-order chi connectivity index (χ1) is 13.8. The van der Waals surface area contributed by atoms with Crippen LogP contribution in [0.15, 0.2) is 24.3 Å². The highest BCUT2D eigenvalue weighted by Gasteiger charge is 2.29. The van der Waals surface area contributed by atoms with Crippen molar-refractivity contribution in [3.63, 3.8) is 0 Å². The van der Waals surface area contributed by atoms with Gasteiger partial charge in [0.2, 0.25) is 12.1 Å². The average molecular weight is 414 g/mol. The molecule has 0 aromatic carbocycles. The minimum atomic E-state index is -1.18. The summed E-state index contributed by atoms with van der Waals surface area (Å²) in [6, 6.07) is -2.26. The minimum Gasteiger partial charge on any atom is -0.386 e. The number of nitrogens with zero attached hydrogens (tertiary/aromatic N) is 2. The fourth-order valence-corrected chi connectivity index (χ4v) is 2.94. The van der Waals surface area contributed by atoms with Gasteiger partial charge in [0, 0.05) is 29.1 Å². The number of aldehydes is 1. The van der Waals surface area contributed by atoms with E-state index in [0.29, 0.717) is 12.8 Å². The SMILES string of the molecule is CC/C=C\CC(O)C(C/C=C\CC(O)C(CCCCCCC=O)[N+](=O)[O-])[N+](=O)[O-]. The van der Waals surface area contributed by atoms with E-state index in [4.69, 9.17) is 0 Å². The Kier molecular flexibility index (Phi) is 15.6. The van der Waals surface area contributed by atoms with Gasteiger partial charge in [0.05, 0.1) is 0 Å². The number of aliphatic hydroxyl groups is 2. The van der Waals surface area contributed by atoms with Crippen molar-refractivity contribution in [1.29, 1.82) is 0 Å². The number of allylic oxidation sites excluding steroid dienone is 1. The van der Waals surface area contributed by atoms with Gasteiger partial charge in [-0.2, -0.15) is 0 Å². The van der Waals surface area contributed by atoms with Gasteiger partial charge in [0.15, 0.2) is 0 Å². The van der Waals surface area contributed by atoms with Gasteiger partial charge < -0.3 is 15.0 Å². The van der Waals surface area contributed by atoms with Crippen LogP contribution >= 0.6 is 0 Å². The van der Waals surface area contributed by atoms with Crippen molar-refractivity contribution < 1.29 is 24.9 Å². The lowest BCUT2D eigenvalue weighted by molar-refractivity contribution is -0.535. The molecule has 0 heterocycles. The molecular formula is C20H34N2O7. The number of hydrogen-bond donors (Lipinski definition) is 2. The average Bonchev–Trinajstić information content (AvgIpc) is 2.66. The van der Waals surface area contributed by atoms with E-state index in [-0.39, 0.29) is 25.7 Å². The van der Waals surface area contributed by atoms with Crippen LogP contribution in [0.4, 0.5) is 0 Å². The quantitative estimate of drug-likeness (QED) is 0.115. The number of hydrogen-bond acceptors (Lipinski definition) is 7. The summed E-state index contributed by atoms with van der Waals surface area (Å²) in [7, 11) is 0. The summed E-state index contributed by atoms with van der Waals surface area (Å²) in [5, 5.41) is 42.4. The Morgan fingerprint density at radius 1 is 0.793 bits per heavy atom. The molecule has 0 amide bonds. The lowest BCUT2D eigenvalue weighted by Gasteiger charge is -2.15. The molecule has 0 aliphatic carbocycles. The number of rotatable bonds is 18. The number of carbonyl (C=O) groups is 1. The Balaban J connectivity index is 4.48. The summed E-state index contributed by atoms with van der Waals surface area (Å²) in [5.41, 5.74) is 0. The second-order valence-electron chi connectivity index (χ2n) is 7.06. The molecule has 4 atom stereocenters. The number of aliphatic hydroxyl groups excluding tert-OH is 2. The van der Waals surface area contributed by atoms with Crippen LogP contribution in [0, 0.1) is 20.2 Å². The molecule has 166 valence electrons. The number of nitro groups is 2. The van der Waals surface area contributed by atoms with E-state index >= 15 is 0 Å². The lowest BCUT2D eigenvalue weighted by Crippen LogP contribution is -2.33. The summed E-state index contributed by atoms with van der Waals surface area (Å²) in [6.45, 7) is 1.92. The molecule has 0 rings (SSSR count). The number of carbonyl (C=O) groups excluding carboxylic acids is 1. The van der Waals surface area contributed by atoms with Crippen LogP contribution in [0.3, 0.4) is 0 Å². The standard InChI is InChI=1S/C20H34N2O7/c1-2-3-7-14-19(24)18(22(28)29)13-9-10-15-20(25)17(21(26)27)12-8-5-4-6-11-16-23/h3,7,9-10,16-20,24-25H,2,4-6,8,11-15H2,1H3/b7-3-,10-9-. The van der Waals surface area contributed by atoms with Crippen molar-refractivity contribution in [2.45, 2.75) is 95.4 Å². The maximum absolute atomic E-state index is 11.2. The van der Waals surface area contributed by atoms with Gasteiger partial charge >= 0.3 is 0 Å². The third-order valence-electron chi connectivity index (χ3n) is 4.70. The van der Waals surface area contributed by atoms with Crippen molar-refractivity contribution in [2.24, 2.45) is 0 Å². The third kappa shape index (κ3) is 12.8. The zero-order valence-corrected chi connectivity index (χ0v) is 17.1. The maximum atomic E-state index is 11.2. The highest BCUT2D eigenvalue weighted by atomic mass is 16.6. The molecule has 0 spiro atoms. The maximum Gasteiger partial charge on any atom is 0.242 e. The summed E-state index contributed by atoms with van der Waals surface area (Å²) in [5.74, 6) is 0. The summed E-state index contributed by atoms with van der Waals surface area (Å²) in [4.78, 5) is 31.6. The second-order valence-corrected chi connectivity index (χ2v) is 7.06. The fraction of sp³-hybridized carbons (Fsp3) is 0.750. The van der Waals surface area contributed by atoms with Crippen LogP contribution in [-0.2, 0) is 4.79 Å². The molecule has 0 aliphatic rings. The number of unbranched alkanes of at least 4 members (excludes halogenated alkanes) is 4. The molecule has 0 saturated carbocycles. The van der Waals surface area contributed by atoms with E-state index in [1.54, 1.807) is 6.08 Å². The van der Waals surface area contributed by atoms with Crippen LogP contribution in [0.1, 0.15) is 71.1 Å².